The van der Waals surface area contributed by atoms with Gasteiger partial charge in [-0.15, -0.1) is 0 Å². The van der Waals surface area contributed by atoms with Crippen molar-refractivity contribution >= 4 is 22.0 Å². The Bertz CT molecular complexity index is 535. The Hall–Kier alpha value is -1.43. The number of carbonyl (C=O) groups excluding carboxylic acids is 1. The van der Waals surface area contributed by atoms with Crippen LogP contribution in [0.15, 0.2) is 22.7 Å². The summed E-state index contributed by atoms with van der Waals surface area (Å²) in [5, 5.41) is 0. The Kier molecular flexibility index (Phi) is 5.21. The highest BCUT2D eigenvalue weighted by Crippen LogP contribution is 2.31. The molecular weight excluding hydrogens is 350 g/mol. The highest BCUT2D eigenvalue weighted by atomic mass is 79.9. The van der Waals surface area contributed by atoms with E-state index in [1.807, 2.05) is 39.0 Å². The van der Waals surface area contributed by atoms with Gasteiger partial charge in [-0.2, -0.15) is 0 Å². The Morgan fingerprint density at radius 3 is 2.59 bits per heavy atom. The molecule has 0 unspecified atom stereocenters. The Morgan fingerprint density at radius 1 is 1.32 bits per heavy atom. The number of hydrogen-bond acceptors (Lipinski definition) is 4. The molecule has 1 amide bonds. The zero-order valence-corrected chi connectivity index (χ0v) is 15.0. The molecule has 0 aromatic heterocycles. The van der Waals surface area contributed by atoms with Crippen LogP contribution in [-0.2, 0) is 4.74 Å². The third-order valence-corrected chi connectivity index (χ3v) is 3.70. The second kappa shape index (κ2) is 6.77. The van der Waals surface area contributed by atoms with Crippen LogP contribution in [0.1, 0.15) is 20.8 Å². The van der Waals surface area contributed by atoms with Crippen LogP contribution in [0.3, 0.4) is 0 Å². The monoisotopic (exact) mass is 371 g/mol. The van der Waals surface area contributed by atoms with Crippen LogP contribution in [-0.4, -0.2) is 43.4 Å². The van der Waals surface area contributed by atoms with Crippen molar-refractivity contribution in [1.29, 1.82) is 0 Å². The van der Waals surface area contributed by atoms with Crippen molar-refractivity contribution in [3.8, 4) is 11.5 Å². The second-order valence-corrected chi connectivity index (χ2v) is 7.27. The largest absolute Gasteiger partial charge is 0.493 e. The lowest BCUT2D eigenvalue weighted by Crippen LogP contribution is -2.53. The van der Waals surface area contributed by atoms with E-state index in [-0.39, 0.29) is 6.09 Å². The summed E-state index contributed by atoms with van der Waals surface area (Å²) < 4.78 is 17.3. The van der Waals surface area contributed by atoms with Gasteiger partial charge in [0.2, 0.25) is 0 Å². The van der Waals surface area contributed by atoms with Crippen LogP contribution in [0.25, 0.3) is 0 Å². The molecular formula is C16H22BrNO4. The molecule has 1 saturated heterocycles. The van der Waals surface area contributed by atoms with Crippen LogP contribution in [0.4, 0.5) is 4.79 Å². The number of likely N-dealkylation sites (tertiary alicyclic amines) is 1. The van der Waals surface area contributed by atoms with Gasteiger partial charge in [0.1, 0.15) is 5.60 Å². The first-order valence-electron chi connectivity index (χ1n) is 7.23. The van der Waals surface area contributed by atoms with Crippen LogP contribution in [0.5, 0.6) is 11.5 Å². The minimum absolute atomic E-state index is 0.260. The van der Waals surface area contributed by atoms with Crippen LogP contribution in [0.2, 0.25) is 0 Å². The molecule has 0 spiro atoms. The maximum absolute atomic E-state index is 11.8. The van der Waals surface area contributed by atoms with Gasteiger partial charge in [-0.25, -0.2) is 4.79 Å². The molecule has 1 heterocycles. The van der Waals surface area contributed by atoms with E-state index in [2.05, 4.69) is 15.9 Å². The molecule has 0 bridgehead atoms. The van der Waals surface area contributed by atoms with Gasteiger partial charge in [-0.1, -0.05) is 15.9 Å². The Balaban J connectivity index is 1.79. The van der Waals surface area contributed by atoms with E-state index in [9.17, 15) is 4.79 Å². The van der Waals surface area contributed by atoms with Gasteiger partial charge < -0.3 is 19.1 Å². The lowest BCUT2D eigenvalue weighted by Gasteiger charge is -2.39. The summed E-state index contributed by atoms with van der Waals surface area (Å²) >= 11 is 3.42. The maximum atomic E-state index is 11.8. The SMILES string of the molecule is COc1ccc(Br)cc1OCC1CN(C(=O)OC(C)(C)C)C1. The fourth-order valence-corrected chi connectivity index (χ4v) is 2.46. The smallest absolute Gasteiger partial charge is 0.410 e. The molecule has 122 valence electrons. The number of carbonyl (C=O) groups is 1. The van der Waals surface area contributed by atoms with Gasteiger partial charge in [-0.05, 0) is 39.0 Å². The first-order valence-corrected chi connectivity index (χ1v) is 8.02. The molecule has 5 nitrogen and oxygen atoms in total. The summed E-state index contributed by atoms with van der Waals surface area (Å²) in [6.07, 6.45) is -0.260. The Morgan fingerprint density at radius 2 is 2.00 bits per heavy atom. The molecule has 1 fully saturated rings. The number of hydrogen-bond donors (Lipinski definition) is 0. The maximum Gasteiger partial charge on any atom is 0.410 e. The summed E-state index contributed by atoms with van der Waals surface area (Å²) in [7, 11) is 1.61. The average Bonchev–Trinajstić information content (AvgIpc) is 2.34. The van der Waals surface area contributed by atoms with Crippen molar-refractivity contribution < 1.29 is 19.0 Å². The van der Waals surface area contributed by atoms with Gasteiger partial charge >= 0.3 is 6.09 Å². The van der Waals surface area contributed by atoms with Crippen LogP contribution >= 0.6 is 15.9 Å². The summed E-state index contributed by atoms with van der Waals surface area (Å²) in [6.45, 7) is 7.46. The highest BCUT2D eigenvalue weighted by molar-refractivity contribution is 9.10. The third-order valence-electron chi connectivity index (χ3n) is 3.21. The number of halogens is 1. The second-order valence-electron chi connectivity index (χ2n) is 6.36. The molecule has 1 aromatic carbocycles. The zero-order chi connectivity index (χ0) is 16.3. The first-order chi connectivity index (χ1) is 10.3. The molecule has 0 N–H and O–H groups in total. The van der Waals surface area contributed by atoms with Crippen LogP contribution in [0, 0.1) is 5.92 Å². The van der Waals surface area contributed by atoms with E-state index in [1.54, 1.807) is 12.0 Å². The van der Waals surface area contributed by atoms with Gasteiger partial charge in [0, 0.05) is 23.5 Å². The highest BCUT2D eigenvalue weighted by Gasteiger charge is 2.34. The molecule has 6 heteroatoms. The lowest BCUT2D eigenvalue weighted by molar-refractivity contribution is -0.00796. The van der Waals surface area contributed by atoms with Gasteiger partial charge in [0.05, 0.1) is 13.7 Å². The molecule has 0 atom stereocenters. The quantitative estimate of drug-likeness (QED) is 0.809. The van der Waals surface area contributed by atoms with E-state index in [4.69, 9.17) is 14.2 Å². The van der Waals surface area contributed by atoms with Gasteiger partial charge in [-0.3, -0.25) is 0 Å². The molecule has 1 aliphatic heterocycles. The number of nitrogens with zero attached hydrogens (tertiary/aromatic N) is 1. The van der Waals surface area contributed by atoms with Crippen molar-refractivity contribution in [3.05, 3.63) is 22.7 Å². The van der Waals surface area contributed by atoms with E-state index < -0.39 is 5.60 Å². The van der Waals surface area contributed by atoms with Crippen molar-refractivity contribution in [2.24, 2.45) is 5.92 Å². The van der Waals surface area contributed by atoms with E-state index in [0.717, 1.165) is 4.47 Å². The van der Waals surface area contributed by atoms with E-state index in [0.29, 0.717) is 37.1 Å². The van der Waals surface area contributed by atoms with E-state index >= 15 is 0 Å². The summed E-state index contributed by atoms with van der Waals surface area (Å²) in [6, 6.07) is 5.63. The van der Waals surface area contributed by atoms with Gasteiger partial charge in [0.25, 0.3) is 0 Å². The van der Waals surface area contributed by atoms with Crippen molar-refractivity contribution in [3.63, 3.8) is 0 Å². The third kappa shape index (κ3) is 4.53. The molecule has 1 aliphatic rings. The molecule has 0 radical (unpaired) electrons. The molecule has 2 rings (SSSR count). The fraction of sp³-hybridized carbons (Fsp3) is 0.562. The standard InChI is InChI=1S/C16H22BrNO4/c1-16(2,3)22-15(19)18-8-11(9-18)10-21-14-7-12(17)5-6-13(14)20-4/h5-7,11H,8-10H2,1-4H3. The number of ether oxygens (including phenoxy) is 3. The minimum Gasteiger partial charge on any atom is -0.493 e. The summed E-state index contributed by atoms with van der Waals surface area (Å²) in [5.41, 5.74) is -0.456. The van der Waals surface area contributed by atoms with Crippen molar-refractivity contribution in [2.75, 3.05) is 26.8 Å². The normalized spacial score (nSPS) is 15.2. The first kappa shape index (κ1) is 16.9. The molecule has 1 aromatic rings. The number of rotatable bonds is 4. The minimum atomic E-state index is -0.456. The van der Waals surface area contributed by atoms with Crippen LogP contribution < -0.4 is 9.47 Å². The molecule has 0 saturated carbocycles. The van der Waals surface area contributed by atoms with Gasteiger partial charge in [0.15, 0.2) is 11.5 Å². The number of benzene rings is 1. The fourth-order valence-electron chi connectivity index (χ4n) is 2.12. The Labute approximate surface area is 139 Å². The topological polar surface area (TPSA) is 48.0 Å². The summed E-state index contributed by atoms with van der Waals surface area (Å²) in [4.78, 5) is 13.5. The zero-order valence-electron chi connectivity index (χ0n) is 13.4. The molecule has 22 heavy (non-hydrogen) atoms. The van der Waals surface area contributed by atoms with E-state index in [1.165, 1.54) is 0 Å². The number of amides is 1. The van der Waals surface area contributed by atoms with Crippen molar-refractivity contribution in [2.45, 2.75) is 26.4 Å². The predicted molar refractivity (Wildman–Crippen MR) is 87.5 cm³/mol. The lowest BCUT2D eigenvalue weighted by atomic mass is 10.0. The predicted octanol–water partition coefficient (Wildman–Crippen LogP) is 3.70. The van der Waals surface area contributed by atoms with Crippen molar-refractivity contribution in [1.82, 2.24) is 4.90 Å². The number of methoxy groups -OCH3 is 1. The molecule has 0 aliphatic carbocycles. The average molecular weight is 372 g/mol. The summed E-state index contributed by atoms with van der Waals surface area (Å²) in [5.74, 6) is 1.72.